The number of aryl methyl sites for hydroxylation is 1. The van der Waals surface area contributed by atoms with Gasteiger partial charge in [0.05, 0.1) is 6.04 Å². The average Bonchev–Trinajstić information content (AvgIpc) is 2.13. The minimum atomic E-state index is 0.0508. The van der Waals surface area contributed by atoms with Crippen LogP contribution >= 0.6 is 0 Å². The lowest BCUT2D eigenvalue weighted by molar-refractivity contribution is 0.623. The summed E-state index contributed by atoms with van der Waals surface area (Å²) in [6.07, 6.45) is 0. The van der Waals surface area contributed by atoms with Crippen LogP contribution in [0.5, 0.6) is 0 Å². The predicted octanol–water partition coefficient (Wildman–Crippen LogP) is 2.38. The summed E-state index contributed by atoms with van der Waals surface area (Å²) in [4.78, 5) is 0. The number of benzene rings is 1. The van der Waals surface area contributed by atoms with Gasteiger partial charge in [0.25, 0.3) is 0 Å². The van der Waals surface area contributed by atoms with Crippen molar-refractivity contribution in [2.45, 2.75) is 26.8 Å². The smallest absolute Gasteiger partial charge is 0.0667 e. The second-order valence-corrected chi connectivity index (χ2v) is 3.74. The molecular formula is C12H18N2. The minimum absolute atomic E-state index is 0.0508. The molecule has 2 nitrogen and oxygen atoms in total. The van der Waals surface area contributed by atoms with Crippen LogP contribution in [0.25, 0.3) is 0 Å². The zero-order valence-corrected chi connectivity index (χ0v) is 9.09. The minimum Gasteiger partial charge on any atom is -0.271 e. The Hall–Kier alpha value is -1.12. The first-order chi connectivity index (χ1) is 6.57. The summed E-state index contributed by atoms with van der Waals surface area (Å²) in [7, 11) is 0. The van der Waals surface area contributed by atoms with Gasteiger partial charge >= 0.3 is 0 Å². The molecule has 0 bridgehead atoms. The number of hydrogen-bond donors (Lipinski definition) is 2. The number of hydrogen-bond acceptors (Lipinski definition) is 2. The van der Waals surface area contributed by atoms with Crippen molar-refractivity contribution in [3.63, 3.8) is 0 Å². The zero-order valence-electron chi connectivity index (χ0n) is 9.09. The van der Waals surface area contributed by atoms with Crippen LogP contribution in [-0.4, -0.2) is 0 Å². The number of nitrogens with one attached hydrogen (secondary N) is 1. The van der Waals surface area contributed by atoms with Crippen molar-refractivity contribution in [2.75, 3.05) is 0 Å². The molecule has 0 aliphatic rings. The molecule has 0 fully saturated rings. The monoisotopic (exact) mass is 190 g/mol. The lowest BCUT2D eigenvalue weighted by atomic mass is 9.94. The molecule has 1 aromatic rings. The van der Waals surface area contributed by atoms with E-state index in [0.717, 1.165) is 5.57 Å². The predicted molar refractivity (Wildman–Crippen MR) is 60.8 cm³/mol. The second kappa shape index (κ2) is 4.40. The average molecular weight is 190 g/mol. The van der Waals surface area contributed by atoms with Crippen molar-refractivity contribution < 1.29 is 0 Å². The van der Waals surface area contributed by atoms with Crippen LogP contribution < -0.4 is 11.3 Å². The van der Waals surface area contributed by atoms with E-state index in [0.29, 0.717) is 0 Å². The summed E-state index contributed by atoms with van der Waals surface area (Å²) in [6.45, 7) is 10.1. The highest BCUT2D eigenvalue weighted by atomic mass is 15.2. The maximum absolute atomic E-state index is 5.51. The molecule has 14 heavy (non-hydrogen) atoms. The maximum Gasteiger partial charge on any atom is 0.0667 e. The molecule has 0 aliphatic heterocycles. The van der Waals surface area contributed by atoms with E-state index in [1.807, 2.05) is 13.0 Å². The lowest BCUT2D eigenvalue weighted by Gasteiger charge is -2.19. The Morgan fingerprint density at radius 2 is 2.07 bits per heavy atom. The van der Waals surface area contributed by atoms with E-state index in [4.69, 9.17) is 5.84 Å². The molecule has 3 N–H and O–H groups in total. The number of hydrazine groups is 1. The molecule has 1 unspecified atom stereocenters. The molecule has 0 saturated carbocycles. The van der Waals surface area contributed by atoms with Crippen LogP contribution in [0, 0.1) is 13.8 Å². The van der Waals surface area contributed by atoms with Crippen molar-refractivity contribution >= 4 is 0 Å². The van der Waals surface area contributed by atoms with E-state index >= 15 is 0 Å². The molecule has 0 amide bonds. The Kier molecular flexibility index (Phi) is 3.44. The zero-order chi connectivity index (χ0) is 10.7. The summed E-state index contributed by atoms with van der Waals surface area (Å²) >= 11 is 0. The van der Waals surface area contributed by atoms with Crippen LogP contribution in [0.3, 0.4) is 0 Å². The molecule has 0 radical (unpaired) electrons. The van der Waals surface area contributed by atoms with Gasteiger partial charge < -0.3 is 0 Å². The Balaban J connectivity index is 3.16. The fourth-order valence-electron chi connectivity index (χ4n) is 1.58. The number of rotatable bonds is 3. The maximum atomic E-state index is 5.51. The summed E-state index contributed by atoms with van der Waals surface area (Å²) in [5, 5.41) is 0. The Labute approximate surface area is 85.8 Å². The van der Waals surface area contributed by atoms with Crippen molar-refractivity contribution in [1.29, 1.82) is 0 Å². The highest BCUT2D eigenvalue weighted by Crippen LogP contribution is 2.24. The topological polar surface area (TPSA) is 38.0 Å². The molecule has 0 spiro atoms. The van der Waals surface area contributed by atoms with E-state index < -0.39 is 0 Å². The van der Waals surface area contributed by atoms with E-state index in [9.17, 15) is 0 Å². The van der Waals surface area contributed by atoms with Crippen LogP contribution in [0.2, 0.25) is 0 Å². The van der Waals surface area contributed by atoms with Crippen LogP contribution in [0.15, 0.2) is 30.4 Å². The highest BCUT2D eigenvalue weighted by Gasteiger charge is 2.12. The van der Waals surface area contributed by atoms with Gasteiger partial charge in [-0.2, -0.15) is 0 Å². The summed E-state index contributed by atoms with van der Waals surface area (Å²) < 4.78 is 0. The first-order valence-corrected chi connectivity index (χ1v) is 4.75. The largest absolute Gasteiger partial charge is 0.271 e. The third kappa shape index (κ3) is 2.03. The quantitative estimate of drug-likeness (QED) is 0.436. The standard InChI is InChI=1S/C12H18N2/c1-8(2)12(14-13)11-7-5-6-9(3)10(11)4/h5-7,12,14H,1,13H2,2-4H3. The molecule has 0 aliphatic carbocycles. The third-order valence-corrected chi connectivity index (χ3v) is 2.62. The molecule has 2 heteroatoms. The van der Waals surface area contributed by atoms with Crippen molar-refractivity contribution in [2.24, 2.45) is 5.84 Å². The summed E-state index contributed by atoms with van der Waals surface area (Å²) in [6, 6.07) is 6.28. The van der Waals surface area contributed by atoms with Crippen molar-refractivity contribution in [3.05, 3.63) is 47.0 Å². The Bertz CT molecular complexity index is 342. The fourth-order valence-corrected chi connectivity index (χ4v) is 1.58. The van der Waals surface area contributed by atoms with Crippen LogP contribution in [0.1, 0.15) is 29.7 Å². The Morgan fingerprint density at radius 3 is 2.57 bits per heavy atom. The number of nitrogens with two attached hydrogens (primary N) is 1. The van der Waals surface area contributed by atoms with Crippen molar-refractivity contribution in [1.82, 2.24) is 5.43 Å². The van der Waals surface area contributed by atoms with Gasteiger partial charge in [-0.15, -0.1) is 0 Å². The molecule has 76 valence electrons. The van der Waals surface area contributed by atoms with Crippen molar-refractivity contribution in [3.8, 4) is 0 Å². The molecule has 0 heterocycles. The molecular weight excluding hydrogens is 172 g/mol. The normalized spacial score (nSPS) is 12.6. The molecule has 1 aromatic carbocycles. The first-order valence-electron chi connectivity index (χ1n) is 4.75. The van der Waals surface area contributed by atoms with E-state index in [-0.39, 0.29) is 6.04 Å². The third-order valence-electron chi connectivity index (χ3n) is 2.62. The van der Waals surface area contributed by atoms with E-state index in [2.05, 4.69) is 38.0 Å². The summed E-state index contributed by atoms with van der Waals surface area (Å²) in [5.41, 5.74) is 7.58. The van der Waals surface area contributed by atoms with Crippen LogP contribution in [-0.2, 0) is 0 Å². The van der Waals surface area contributed by atoms with Gasteiger partial charge in [-0.05, 0) is 37.5 Å². The second-order valence-electron chi connectivity index (χ2n) is 3.74. The fraction of sp³-hybridized carbons (Fsp3) is 0.333. The van der Waals surface area contributed by atoms with E-state index in [1.54, 1.807) is 0 Å². The van der Waals surface area contributed by atoms with Gasteiger partial charge in [-0.1, -0.05) is 30.4 Å². The molecule has 1 atom stereocenters. The van der Waals surface area contributed by atoms with E-state index in [1.165, 1.54) is 16.7 Å². The van der Waals surface area contributed by atoms with Gasteiger partial charge in [0.2, 0.25) is 0 Å². The van der Waals surface area contributed by atoms with Gasteiger partial charge in [-0.3, -0.25) is 5.84 Å². The molecule has 0 saturated heterocycles. The lowest BCUT2D eigenvalue weighted by Crippen LogP contribution is -2.29. The SMILES string of the molecule is C=C(C)C(NN)c1cccc(C)c1C. The van der Waals surface area contributed by atoms with Gasteiger partial charge in [-0.25, -0.2) is 5.43 Å². The first kappa shape index (κ1) is 11.0. The molecule has 1 rings (SSSR count). The van der Waals surface area contributed by atoms with Crippen LogP contribution in [0.4, 0.5) is 0 Å². The highest BCUT2D eigenvalue weighted by molar-refractivity contribution is 5.38. The Morgan fingerprint density at radius 1 is 1.43 bits per heavy atom. The summed E-state index contributed by atoms with van der Waals surface area (Å²) in [5.74, 6) is 5.51. The van der Waals surface area contributed by atoms with Gasteiger partial charge in [0.1, 0.15) is 0 Å². The van der Waals surface area contributed by atoms with Gasteiger partial charge in [0, 0.05) is 0 Å². The molecule has 0 aromatic heterocycles. The van der Waals surface area contributed by atoms with Gasteiger partial charge in [0.15, 0.2) is 0 Å².